The van der Waals surface area contributed by atoms with Crippen molar-refractivity contribution < 1.29 is 42.2 Å². The van der Waals surface area contributed by atoms with Crippen LogP contribution in [0.4, 0.5) is 19.1 Å². The van der Waals surface area contributed by atoms with Crippen molar-refractivity contribution in [2.75, 3.05) is 18.5 Å². The topological polar surface area (TPSA) is 122 Å². The molecule has 0 saturated carbocycles. The predicted octanol–water partition coefficient (Wildman–Crippen LogP) is 0.245. The molecule has 0 atom stereocenters. The van der Waals surface area contributed by atoms with E-state index in [0.29, 0.717) is 0 Å². The first-order chi connectivity index (χ1) is 8.77. The van der Waals surface area contributed by atoms with Crippen molar-refractivity contribution in [3.63, 3.8) is 0 Å². The number of carbonyl (C=O) groups excluding carboxylic acids is 1. The van der Waals surface area contributed by atoms with Gasteiger partial charge in [0.05, 0.1) is 6.61 Å². The van der Waals surface area contributed by atoms with Gasteiger partial charge in [-0.2, -0.15) is 13.2 Å². The Labute approximate surface area is 102 Å². The van der Waals surface area contributed by atoms with Crippen molar-refractivity contribution in [3.05, 3.63) is 5.56 Å². The number of aromatic nitrogens is 1. The van der Waals surface area contributed by atoms with Crippen LogP contribution in [0, 0.1) is 0 Å². The lowest BCUT2D eigenvalue weighted by Gasteiger charge is -2.05. The van der Waals surface area contributed by atoms with Crippen LogP contribution in [0.1, 0.15) is 10.4 Å². The fourth-order valence-corrected chi connectivity index (χ4v) is 0.964. The standard InChI is InChI=1S/C8H7F3N2O6/c9-8(10,11)7(17)12-4-3(6(15)16)5(13-19-4)18-2-1-14/h14H,1-2H2,(H,12,17)(H,15,16). The lowest BCUT2D eigenvalue weighted by molar-refractivity contribution is -0.167. The average molecular weight is 284 g/mol. The van der Waals surface area contributed by atoms with Gasteiger partial charge in [-0.05, 0) is 5.16 Å². The smallest absolute Gasteiger partial charge is 0.471 e. The highest BCUT2D eigenvalue weighted by molar-refractivity contribution is 6.01. The Balaban J connectivity index is 2.99. The first kappa shape index (κ1) is 14.8. The van der Waals surface area contributed by atoms with E-state index in [-0.39, 0.29) is 6.61 Å². The fourth-order valence-electron chi connectivity index (χ4n) is 0.964. The van der Waals surface area contributed by atoms with Gasteiger partial charge >= 0.3 is 18.1 Å². The zero-order valence-electron chi connectivity index (χ0n) is 9.02. The van der Waals surface area contributed by atoms with Gasteiger partial charge in [0.2, 0.25) is 5.88 Å². The number of aliphatic hydroxyl groups excluding tert-OH is 1. The molecular weight excluding hydrogens is 277 g/mol. The number of rotatable bonds is 5. The number of ether oxygens (including phenoxy) is 1. The summed E-state index contributed by atoms with van der Waals surface area (Å²) in [6.07, 6.45) is -5.21. The molecule has 0 saturated heterocycles. The van der Waals surface area contributed by atoms with Crippen LogP contribution in [0.2, 0.25) is 0 Å². The number of hydrogen-bond acceptors (Lipinski definition) is 6. The highest BCUT2D eigenvalue weighted by Crippen LogP contribution is 2.27. The van der Waals surface area contributed by atoms with Crippen molar-refractivity contribution >= 4 is 17.8 Å². The van der Waals surface area contributed by atoms with Crippen LogP contribution in [0.25, 0.3) is 0 Å². The third-order valence-electron chi connectivity index (χ3n) is 1.69. The van der Waals surface area contributed by atoms with Gasteiger partial charge in [-0.15, -0.1) is 0 Å². The molecule has 11 heteroatoms. The number of carbonyl (C=O) groups is 2. The minimum absolute atomic E-state index is 0.348. The molecule has 1 heterocycles. The SMILES string of the molecule is O=C(O)c1c(OCCO)noc1NC(=O)C(F)(F)F. The van der Waals surface area contributed by atoms with Gasteiger partial charge in [0.1, 0.15) is 6.61 Å². The Morgan fingerprint density at radius 3 is 2.53 bits per heavy atom. The summed E-state index contributed by atoms with van der Waals surface area (Å²) in [5.74, 6) is -5.80. The molecule has 106 valence electrons. The molecule has 0 aromatic carbocycles. The van der Waals surface area contributed by atoms with Crippen LogP contribution >= 0.6 is 0 Å². The monoisotopic (exact) mass is 284 g/mol. The van der Waals surface area contributed by atoms with Gasteiger partial charge in [0.15, 0.2) is 5.56 Å². The van der Waals surface area contributed by atoms with Crippen molar-refractivity contribution in [2.45, 2.75) is 6.18 Å². The van der Waals surface area contributed by atoms with E-state index in [4.69, 9.17) is 10.2 Å². The van der Waals surface area contributed by atoms with E-state index in [1.807, 2.05) is 0 Å². The maximum absolute atomic E-state index is 12.0. The first-order valence-corrected chi connectivity index (χ1v) is 4.62. The lowest BCUT2D eigenvalue weighted by Crippen LogP contribution is -2.30. The van der Waals surface area contributed by atoms with Gasteiger partial charge < -0.3 is 19.5 Å². The average Bonchev–Trinajstić information content (AvgIpc) is 2.68. The van der Waals surface area contributed by atoms with E-state index in [1.165, 1.54) is 5.32 Å². The molecule has 0 radical (unpaired) electrons. The van der Waals surface area contributed by atoms with Gasteiger partial charge in [0, 0.05) is 0 Å². The van der Waals surface area contributed by atoms with E-state index in [2.05, 4.69) is 14.4 Å². The molecule has 19 heavy (non-hydrogen) atoms. The normalized spacial score (nSPS) is 11.2. The summed E-state index contributed by atoms with van der Waals surface area (Å²) in [5.41, 5.74) is -0.883. The number of hydrogen-bond donors (Lipinski definition) is 3. The molecule has 0 bridgehead atoms. The van der Waals surface area contributed by atoms with Crippen LogP contribution in [-0.4, -0.2) is 46.6 Å². The molecule has 1 aromatic heterocycles. The van der Waals surface area contributed by atoms with Crippen LogP contribution < -0.4 is 10.1 Å². The van der Waals surface area contributed by atoms with Crippen LogP contribution in [0.3, 0.4) is 0 Å². The van der Waals surface area contributed by atoms with Crippen LogP contribution in [0.5, 0.6) is 5.88 Å². The molecule has 1 rings (SSSR count). The summed E-state index contributed by atoms with van der Waals surface area (Å²) >= 11 is 0. The van der Waals surface area contributed by atoms with E-state index in [0.717, 1.165) is 0 Å². The Hall–Kier alpha value is -2.30. The number of nitrogens with zero attached hydrogens (tertiary/aromatic N) is 1. The van der Waals surface area contributed by atoms with Crippen molar-refractivity contribution in [1.29, 1.82) is 0 Å². The quantitative estimate of drug-likeness (QED) is 0.708. The summed E-state index contributed by atoms with van der Waals surface area (Å²) in [6, 6.07) is 0. The number of anilines is 1. The van der Waals surface area contributed by atoms with Crippen molar-refractivity contribution in [2.24, 2.45) is 0 Å². The Bertz CT molecular complexity index is 483. The molecular formula is C8H7F3N2O6. The van der Waals surface area contributed by atoms with Gasteiger partial charge in [-0.3, -0.25) is 10.1 Å². The molecule has 1 aromatic rings. The van der Waals surface area contributed by atoms with Crippen molar-refractivity contribution in [3.8, 4) is 5.88 Å². The molecule has 0 aliphatic heterocycles. The summed E-state index contributed by atoms with van der Waals surface area (Å²) in [4.78, 5) is 21.5. The van der Waals surface area contributed by atoms with Gasteiger partial charge in [-0.25, -0.2) is 4.79 Å². The molecule has 0 fully saturated rings. The highest BCUT2D eigenvalue weighted by atomic mass is 19.4. The second-order valence-electron chi connectivity index (χ2n) is 3.02. The second-order valence-corrected chi connectivity index (χ2v) is 3.02. The highest BCUT2D eigenvalue weighted by Gasteiger charge is 2.40. The minimum atomic E-state index is -5.21. The fraction of sp³-hybridized carbons (Fsp3) is 0.375. The molecule has 0 aliphatic rings. The largest absolute Gasteiger partial charge is 0.477 e. The van der Waals surface area contributed by atoms with Crippen LogP contribution in [0.15, 0.2) is 4.52 Å². The van der Waals surface area contributed by atoms with E-state index < -0.39 is 42.0 Å². The summed E-state index contributed by atoms with van der Waals surface area (Å²) < 4.78 is 44.9. The molecule has 0 spiro atoms. The molecule has 8 nitrogen and oxygen atoms in total. The number of nitrogens with one attached hydrogen (secondary N) is 1. The van der Waals surface area contributed by atoms with E-state index in [9.17, 15) is 22.8 Å². The van der Waals surface area contributed by atoms with E-state index >= 15 is 0 Å². The molecule has 0 unspecified atom stereocenters. The number of halogens is 3. The van der Waals surface area contributed by atoms with E-state index in [1.54, 1.807) is 0 Å². The molecule has 1 amide bonds. The number of amides is 1. The summed E-state index contributed by atoms with van der Waals surface area (Å²) in [7, 11) is 0. The van der Waals surface area contributed by atoms with Gasteiger partial charge in [0.25, 0.3) is 5.88 Å². The Morgan fingerprint density at radius 1 is 1.42 bits per heavy atom. The maximum Gasteiger partial charge on any atom is 0.471 e. The Morgan fingerprint density at radius 2 is 2.05 bits per heavy atom. The number of aliphatic hydroxyl groups is 1. The van der Waals surface area contributed by atoms with Crippen molar-refractivity contribution in [1.82, 2.24) is 5.16 Å². The first-order valence-electron chi connectivity index (χ1n) is 4.62. The minimum Gasteiger partial charge on any atom is -0.477 e. The second kappa shape index (κ2) is 5.56. The third kappa shape index (κ3) is 3.58. The summed E-state index contributed by atoms with van der Waals surface area (Å²) in [6.45, 7) is -0.824. The number of alkyl halides is 3. The summed E-state index contributed by atoms with van der Waals surface area (Å²) in [5, 5.41) is 21.5. The lowest BCUT2D eigenvalue weighted by atomic mass is 10.3. The number of carboxylic acid groups (broad SMARTS) is 1. The number of aromatic carboxylic acids is 1. The van der Waals surface area contributed by atoms with Crippen LogP contribution in [-0.2, 0) is 4.79 Å². The molecule has 0 aliphatic carbocycles. The zero-order valence-corrected chi connectivity index (χ0v) is 9.02. The molecule has 3 N–H and O–H groups in total. The zero-order chi connectivity index (χ0) is 14.6. The Kier molecular flexibility index (Phi) is 4.32. The number of carboxylic acids is 1. The van der Waals surface area contributed by atoms with Gasteiger partial charge in [-0.1, -0.05) is 0 Å². The predicted molar refractivity (Wildman–Crippen MR) is 50.7 cm³/mol. The maximum atomic E-state index is 12.0. The third-order valence-corrected chi connectivity index (χ3v) is 1.69.